The van der Waals surface area contributed by atoms with Crippen molar-refractivity contribution in [2.75, 3.05) is 0 Å². The second kappa shape index (κ2) is 4.72. The topological polar surface area (TPSA) is 66.0 Å². The van der Waals surface area contributed by atoms with Crippen molar-refractivity contribution in [3.05, 3.63) is 52.3 Å². The van der Waals surface area contributed by atoms with E-state index in [1.165, 1.54) is 6.07 Å². The number of H-pyrrole nitrogens is 1. The van der Waals surface area contributed by atoms with Gasteiger partial charge in [-0.25, -0.2) is 14.2 Å². The minimum absolute atomic E-state index is 0.0837. The first-order chi connectivity index (χ1) is 9.58. The molecule has 0 aliphatic rings. The van der Waals surface area contributed by atoms with Crippen LogP contribution < -0.4 is 0 Å². The lowest BCUT2D eigenvalue weighted by Gasteiger charge is -2.00. The number of hydrogen-bond donors (Lipinski definition) is 2. The van der Waals surface area contributed by atoms with Crippen LogP contribution in [0.25, 0.3) is 22.4 Å². The molecule has 0 atom stereocenters. The van der Waals surface area contributed by atoms with Crippen molar-refractivity contribution >= 4 is 32.9 Å². The molecule has 0 amide bonds. The third kappa shape index (κ3) is 1.98. The predicted octanol–water partition coefficient (Wildman–Crippen LogP) is 3.83. The molecule has 2 aromatic carbocycles. The van der Waals surface area contributed by atoms with Gasteiger partial charge in [-0.15, -0.1) is 0 Å². The normalized spacial score (nSPS) is 10.9. The number of carboxylic acids is 1. The number of aromatic carboxylic acids is 1. The lowest BCUT2D eigenvalue weighted by molar-refractivity contribution is 0.0699. The monoisotopic (exact) mass is 334 g/mol. The first-order valence-electron chi connectivity index (χ1n) is 5.74. The van der Waals surface area contributed by atoms with Crippen molar-refractivity contribution in [1.82, 2.24) is 9.97 Å². The second-order valence-electron chi connectivity index (χ2n) is 4.19. The number of benzene rings is 2. The van der Waals surface area contributed by atoms with E-state index in [-0.39, 0.29) is 11.1 Å². The highest BCUT2D eigenvalue weighted by Gasteiger charge is 2.16. The first kappa shape index (κ1) is 12.8. The van der Waals surface area contributed by atoms with E-state index in [4.69, 9.17) is 5.11 Å². The first-order valence-corrected chi connectivity index (χ1v) is 6.53. The van der Waals surface area contributed by atoms with Gasteiger partial charge in [-0.3, -0.25) is 0 Å². The maximum atomic E-state index is 14.1. The maximum Gasteiger partial charge on any atom is 0.337 e. The minimum atomic E-state index is -1.07. The quantitative estimate of drug-likeness (QED) is 0.748. The van der Waals surface area contributed by atoms with Crippen LogP contribution in [0.2, 0.25) is 0 Å². The fourth-order valence-corrected chi connectivity index (χ4v) is 2.39. The van der Waals surface area contributed by atoms with Crippen LogP contribution in [0.5, 0.6) is 0 Å². The third-order valence-corrected chi connectivity index (χ3v) is 3.56. The number of nitrogens with zero attached hydrogens (tertiary/aromatic N) is 1. The van der Waals surface area contributed by atoms with Gasteiger partial charge in [0.05, 0.1) is 21.1 Å². The summed E-state index contributed by atoms with van der Waals surface area (Å²) in [5.74, 6) is -1.21. The standard InChI is InChI=1S/C14H8BrFN2O2/c15-9-5-1-3-7(11(9)16)13-17-10-6-2-4-8(14(19)20)12(10)18-13/h1-6H,(H,17,18)(H,19,20). The molecular weight excluding hydrogens is 327 g/mol. The molecule has 100 valence electrons. The SMILES string of the molecule is O=C(O)c1cccc2[nH]c(-c3cccc(Br)c3F)nc12. The van der Waals surface area contributed by atoms with Crippen LogP contribution in [-0.2, 0) is 0 Å². The number of rotatable bonds is 2. The van der Waals surface area contributed by atoms with Gasteiger partial charge in [0.25, 0.3) is 0 Å². The highest BCUT2D eigenvalue weighted by molar-refractivity contribution is 9.10. The Labute approximate surface area is 121 Å². The summed E-state index contributed by atoms with van der Waals surface area (Å²) in [6.45, 7) is 0. The largest absolute Gasteiger partial charge is 0.478 e. The number of hydrogen-bond acceptors (Lipinski definition) is 2. The summed E-state index contributed by atoms with van der Waals surface area (Å²) in [6, 6.07) is 9.64. The Morgan fingerprint density at radius 3 is 2.75 bits per heavy atom. The van der Waals surface area contributed by atoms with Crippen LogP contribution in [0.15, 0.2) is 40.9 Å². The van der Waals surface area contributed by atoms with Crippen molar-refractivity contribution in [2.24, 2.45) is 0 Å². The summed E-state index contributed by atoms with van der Waals surface area (Å²) in [7, 11) is 0. The average molecular weight is 335 g/mol. The van der Waals surface area contributed by atoms with Gasteiger partial charge < -0.3 is 10.1 Å². The Kier molecular flexibility index (Phi) is 3.02. The van der Waals surface area contributed by atoms with Crippen LogP contribution >= 0.6 is 15.9 Å². The number of para-hydroxylation sites is 1. The van der Waals surface area contributed by atoms with Crippen LogP contribution in [0.1, 0.15) is 10.4 Å². The fourth-order valence-electron chi connectivity index (χ4n) is 2.02. The number of carbonyl (C=O) groups is 1. The maximum absolute atomic E-state index is 14.1. The predicted molar refractivity (Wildman–Crippen MR) is 76.1 cm³/mol. The van der Waals surface area contributed by atoms with Gasteiger partial charge in [0.2, 0.25) is 0 Å². The molecule has 20 heavy (non-hydrogen) atoms. The molecule has 0 radical (unpaired) electrons. The number of imidazole rings is 1. The van der Waals surface area contributed by atoms with Crippen molar-refractivity contribution in [3.8, 4) is 11.4 Å². The third-order valence-electron chi connectivity index (χ3n) is 2.95. The van der Waals surface area contributed by atoms with Gasteiger partial charge in [0, 0.05) is 0 Å². The zero-order valence-electron chi connectivity index (χ0n) is 10.0. The summed E-state index contributed by atoms with van der Waals surface area (Å²) in [4.78, 5) is 18.3. The Bertz CT molecular complexity index is 829. The number of carboxylic acid groups (broad SMARTS) is 1. The van der Waals surface area contributed by atoms with Gasteiger partial charge in [0.1, 0.15) is 17.2 Å². The molecule has 0 unspecified atom stereocenters. The number of fused-ring (bicyclic) bond motifs is 1. The van der Waals surface area contributed by atoms with Crippen molar-refractivity contribution in [2.45, 2.75) is 0 Å². The summed E-state index contributed by atoms with van der Waals surface area (Å²) < 4.78 is 14.4. The molecule has 6 heteroatoms. The van der Waals surface area contributed by atoms with Crippen LogP contribution in [0, 0.1) is 5.82 Å². The molecule has 0 saturated heterocycles. The van der Waals surface area contributed by atoms with E-state index in [1.54, 1.807) is 30.3 Å². The molecule has 2 N–H and O–H groups in total. The molecule has 0 aliphatic carbocycles. The summed E-state index contributed by atoms with van der Waals surface area (Å²) in [5, 5.41) is 9.13. The van der Waals surface area contributed by atoms with Crippen LogP contribution in [-0.4, -0.2) is 21.0 Å². The zero-order chi connectivity index (χ0) is 14.3. The number of aromatic nitrogens is 2. The number of halogens is 2. The number of aromatic amines is 1. The van der Waals surface area contributed by atoms with E-state index in [1.807, 2.05) is 0 Å². The molecule has 1 heterocycles. The van der Waals surface area contributed by atoms with E-state index in [0.717, 1.165) is 0 Å². The van der Waals surface area contributed by atoms with E-state index in [0.29, 0.717) is 21.3 Å². The Balaban J connectivity index is 2.26. The lowest BCUT2D eigenvalue weighted by atomic mass is 10.2. The molecule has 0 bridgehead atoms. The summed E-state index contributed by atoms with van der Waals surface area (Å²) in [5.41, 5.74) is 1.24. The molecule has 3 rings (SSSR count). The molecule has 0 aliphatic heterocycles. The molecule has 0 spiro atoms. The number of nitrogens with one attached hydrogen (secondary N) is 1. The van der Waals surface area contributed by atoms with Crippen molar-refractivity contribution in [3.63, 3.8) is 0 Å². The molecule has 3 aromatic rings. The highest BCUT2D eigenvalue weighted by atomic mass is 79.9. The van der Waals surface area contributed by atoms with E-state index in [9.17, 15) is 9.18 Å². The molecule has 0 saturated carbocycles. The molecule has 0 fully saturated rings. The van der Waals surface area contributed by atoms with E-state index < -0.39 is 11.8 Å². The van der Waals surface area contributed by atoms with E-state index >= 15 is 0 Å². The van der Waals surface area contributed by atoms with Gasteiger partial charge in [0.15, 0.2) is 0 Å². The van der Waals surface area contributed by atoms with Crippen molar-refractivity contribution < 1.29 is 14.3 Å². The second-order valence-corrected chi connectivity index (χ2v) is 5.05. The Hall–Kier alpha value is -2.21. The molecular formula is C14H8BrFN2O2. The average Bonchev–Trinajstić information content (AvgIpc) is 2.84. The smallest absolute Gasteiger partial charge is 0.337 e. The van der Waals surface area contributed by atoms with Gasteiger partial charge in [-0.1, -0.05) is 12.1 Å². The lowest BCUT2D eigenvalue weighted by Crippen LogP contribution is -1.96. The van der Waals surface area contributed by atoms with E-state index in [2.05, 4.69) is 25.9 Å². The van der Waals surface area contributed by atoms with Crippen LogP contribution in [0.3, 0.4) is 0 Å². The minimum Gasteiger partial charge on any atom is -0.478 e. The van der Waals surface area contributed by atoms with Gasteiger partial charge >= 0.3 is 5.97 Å². The van der Waals surface area contributed by atoms with Crippen molar-refractivity contribution in [1.29, 1.82) is 0 Å². The van der Waals surface area contributed by atoms with Gasteiger partial charge in [-0.2, -0.15) is 0 Å². The highest BCUT2D eigenvalue weighted by Crippen LogP contribution is 2.28. The summed E-state index contributed by atoms with van der Waals surface area (Å²) >= 11 is 3.11. The molecule has 4 nitrogen and oxygen atoms in total. The fraction of sp³-hybridized carbons (Fsp3) is 0. The Morgan fingerprint density at radius 1 is 1.25 bits per heavy atom. The van der Waals surface area contributed by atoms with Gasteiger partial charge in [-0.05, 0) is 40.2 Å². The molecule has 1 aromatic heterocycles. The zero-order valence-corrected chi connectivity index (χ0v) is 11.6. The summed E-state index contributed by atoms with van der Waals surface area (Å²) in [6.07, 6.45) is 0. The Morgan fingerprint density at radius 2 is 2.00 bits per heavy atom. The van der Waals surface area contributed by atoms with Crippen LogP contribution in [0.4, 0.5) is 4.39 Å².